The van der Waals surface area contributed by atoms with Gasteiger partial charge in [-0.25, -0.2) is 13.4 Å². The van der Waals surface area contributed by atoms with Crippen molar-refractivity contribution in [2.75, 3.05) is 18.4 Å². The maximum atomic E-state index is 12.9. The third kappa shape index (κ3) is 3.21. The molecule has 0 spiro atoms. The van der Waals surface area contributed by atoms with Crippen LogP contribution in [0.15, 0.2) is 16.5 Å². The number of amides is 1. The summed E-state index contributed by atoms with van der Waals surface area (Å²) >= 11 is 1.34. The Morgan fingerprint density at radius 3 is 2.88 bits per heavy atom. The second-order valence-corrected chi connectivity index (χ2v) is 8.56. The molecular formula is C14H19N5O3S2. The molecule has 8 nitrogen and oxygen atoms in total. The fourth-order valence-corrected chi connectivity index (χ4v) is 5.30. The number of nitrogens with one attached hydrogen (secondary N) is 2. The van der Waals surface area contributed by atoms with E-state index in [2.05, 4.69) is 20.5 Å². The first-order valence-electron chi connectivity index (χ1n) is 7.61. The lowest BCUT2D eigenvalue weighted by molar-refractivity contribution is -0.120. The predicted octanol–water partition coefficient (Wildman–Crippen LogP) is 1.52. The number of thiazole rings is 1. The second kappa shape index (κ2) is 6.61. The molecule has 24 heavy (non-hydrogen) atoms. The average Bonchev–Trinajstić information content (AvgIpc) is 3.17. The second-order valence-electron chi connectivity index (χ2n) is 5.79. The van der Waals surface area contributed by atoms with Crippen molar-refractivity contribution < 1.29 is 13.2 Å². The predicted molar refractivity (Wildman–Crippen MR) is 90.3 cm³/mol. The van der Waals surface area contributed by atoms with Crippen LogP contribution in [0.4, 0.5) is 5.13 Å². The summed E-state index contributed by atoms with van der Waals surface area (Å²) < 4.78 is 27.2. The lowest BCUT2D eigenvalue weighted by Crippen LogP contribution is -2.43. The van der Waals surface area contributed by atoms with Gasteiger partial charge in [-0.1, -0.05) is 0 Å². The highest BCUT2D eigenvalue weighted by Crippen LogP contribution is 2.27. The van der Waals surface area contributed by atoms with E-state index >= 15 is 0 Å². The van der Waals surface area contributed by atoms with E-state index in [0.717, 1.165) is 0 Å². The van der Waals surface area contributed by atoms with Crippen molar-refractivity contribution in [1.82, 2.24) is 19.5 Å². The zero-order chi connectivity index (χ0) is 17.3. The van der Waals surface area contributed by atoms with Crippen LogP contribution in [0.1, 0.15) is 24.2 Å². The number of hydrogen-bond acceptors (Lipinski definition) is 6. The van der Waals surface area contributed by atoms with Crippen LogP contribution in [0.3, 0.4) is 0 Å². The highest BCUT2D eigenvalue weighted by molar-refractivity contribution is 7.89. The molecular weight excluding hydrogens is 350 g/mol. The van der Waals surface area contributed by atoms with Gasteiger partial charge in [0.25, 0.3) is 0 Å². The average molecular weight is 369 g/mol. The molecule has 0 aromatic carbocycles. The normalized spacial score (nSPS) is 19.3. The number of piperidine rings is 1. The minimum absolute atomic E-state index is 0.170. The number of rotatable bonds is 4. The van der Waals surface area contributed by atoms with Crippen molar-refractivity contribution in [3.8, 4) is 0 Å². The summed E-state index contributed by atoms with van der Waals surface area (Å²) in [5.74, 6) is -0.574. The number of carbonyl (C=O) groups excluding carboxylic acids is 1. The van der Waals surface area contributed by atoms with Gasteiger partial charge in [0, 0.05) is 24.7 Å². The van der Waals surface area contributed by atoms with E-state index in [9.17, 15) is 13.2 Å². The molecule has 1 fully saturated rings. The maximum Gasteiger partial charge on any atom is 0.246 e. The van der Waals surface area contributed by atoms with Gasteiger partial charge in [-0.05, 0) is 26.7 Å². The molecule has 10 heteroatoms. The summed E-state index contributed by atoms with van der Waals surface area (Å²) in [5.41, 5.74) is 0.962. The first-order valence-corrected chi connectivity index (χ1v) is 9.93. The fourth-order valence-electron chi connectivity index (χ4n) is 2.92. The van der Waals surface area contributed by atoms with Crippen LogP contribution < -0.4 is 5.32 Å². The molecule has 0 unspecified atom stereocenters. The molecule has 0 aliphatic carbocycles. The Bertz CT molecular complexity index is 809. The minimum Gasteiger partial charge on any atom is -0.302 e. The van der Waals surface area contributed by atoms with Crippen molar-refractivity contribution in [3.63, 3.8) is 0 Å². The van der Waals surface area contributed by atoms with E-state index in [1.165, 1.54) is 15.6 Å². The molecule has 2 aromatic heterocycles. The van der Waals surface area contributed by atoms with Crippen LogP contribution in [0.2, 0.25) is 0 Å². The van der Waals surface area contributed by atoms with Crippen LogP contribution >= 0.6 is 11.3 Å². The summed E-state index contributed by atoms with van der Waals surface area (Å²) in [7, 11) is -3.66. The molecule has 0 saturated carbocycles. The number of anilines is 1. The Hall–Kier alpha value is -1.78. The number of carbonyl (C=O) groups is 1. The summed E-state index contributed by atoms with van der Waals surface area (Å²) in [6, 6.07) is 0. The van der Waals surface area contributed by atoms with E-state index in [1.54, 1.807) is 25.4 Å². The van der Waals surface area contributed by atoms with Crippen molar-refractivity contribution >= 4 is 32.4 Å². The minimum atomic E-state index is -3.66. The molecule has 1 aliphatic heterocycles. The van der Waals surface area contributed by atoms with E-state index in [0.29, 0.717) is 35.9 Å². The van der Waals surface area contributed by atoms with Crippen molar-refractivity contribution in [1.29, 1.82) is 0 Å². The van der Waals surface area contributed by atoms with Gasteiger partial charge in [-0.15, -0.1) is 11.3 Å². The standard InChI is InChI=1S/C14H19N5O3S2/c1-9-12(10(2)18-17-9)24(21,22)19-6-3-4-11(8-19)13(20)16-14-15-5-7-23-14/h5,7,11H,3-4,6,8H2,1-2H3,(H,17,18)(H,15,16,20)/t11-/m1/s1. The molecule has 1 aliphatic rings. The molecule has 3 heterocycles. The van der Waals surface area contributed by atoms with Crippen molar-refractivity contribution in [3.05, 3.63) is 23.0 Å². The molecule has 0 radical (unpaired) electrons. The molecule has 3 rings (SSSR count). The van der Waals surface area contributed by atoms with E-state index in [-0.39, 0.29) is 23.3 Å². The van der Waals surface area contributed by atoms with Gasteiger partial charge in [-0.3, -0.25) is 9.89 Å². The third-order valence-electron chi connectivity index (χ3n) is 4.08. The zero-order valence-electron chi connectivity index (χ0n) is 13.4. The smallest absolute Gasteiger partial charge is 0.246 e. The monoisotopic (exact) mass is 369 g/mol. The van der Waals surface area contributed by atoms with E-state index in [1.807, 2.05) is 0 Å². The number of H-pyrrole nitrogens is 1. The lowest BCUT2D eigenvalue weighted by atomic mass is 9.99. The topological polar surface area (TPSA) is 108 Å². The number of aryl methyl sites for hydroxylation is 2. The molecule has 2 N–H and O–H groups in total. The van der Waals surface area contributed by atoms with Crippen LogP contribution in [0, 0.1) is 19.8 Å². The fraction of sp³-hybridized carbons (Fsp3) is 0.500. The van der Waals surface area contributed by atoms with Crippen LogP contribution in [0.5, 0.6) is 0 Å². The van der Waals surface area contributed by atoms with Crippen molar-refractivity contribution in [2.24, 2.45) is 5.92 Å². The van der Waals surface area contributed by atoms with Gasteiger partial charge in [0.05, 0.1) is 17.3 Å². The molecule has 1 saturated heterocycles. The molecule has 1 amide bonds. The van der Waals surface area contributed by atoms with Gasteiger partial charge in [0.2, 0.25) is 15.9 Å². The Morgan fingerprint density at radius 2 is 2.25 bits per heavy atom. The van der Waals surface area contributed by atoms with E-state index < -0.39 is 10.0 Å². The Kier molecular flexibility index (Phi) is 4.70. The Labute approximate surface area is 144 Å². The number of hydrogen-bond donors (Lipinski definition) is 2. The largest absolute Gasteiger partial charge is 0.302 e. The van der Waals surface area contributed by atoms with Gasteiger partial charge in [-0.2, -0.15) is 9.40 Å². The molecule has 1 atom stereocenters. The van der Waals surface area contributed by atoms with Crippen LogP contribution in [-0.2, 0) is 14.8 Å². The van der Waals surface area contributed by atoms with Crippen LogP contribution in [0.25, 0.3) is 0 Å². The summed E-state index contributed by atoms with van der Waals surface area (Å²) in [6.07, 6.45) is 2.92. The Morgan fingerprint density at radius 1 is 1.46 bits per heavy atom. The number of sulfonamides is 1. The molecule has 130 valence electrons. The first kappa shape index (κ1) is 17.1. The number of nitrogens with zero attached hydrogens (tertiary/aromatic N) is 3. The quantitative estimate of drug-likeness (QED) is 0.849. The van der Waals surface area contributed by atoms with Gasteiger partial charge >= 0.3 is 0 Å². The van der Waals surface area contributed by atoms with Gasteiger partial charge in [0.1, 0.15) is 4.90 Å². The highest BCUT2D eigenvalue weighted by atomic mass is 32.2. The maximum absolute atomic E-state index is 12.9. The summed E-state index contributed by atoms with van der Waals surface area (Å²) in [5, 5.41) is 11.7. The highest BCUT2D eigenvalue weighted by Gasteiger charge is 2.35. The molecule has 0 bridgehead atoms. The first-order chi connectivity index (χ1) is 11.4. The summed E-state index contributed by atoms with van der Waals surface area (Å²) in [6.45, 7) is 3.92. The van der Waals surface area contributed by atoms with Crippen molar-refractivity contribution in [2.45, 2.75) is 31.6 Å². The number of aromatic nitrogens is 3. The summed E-state index contributed by atoms with van der Waals surface area (Å²) in [4.78, 5) is 16.6. The van der Waals surface area contributed by atoms with Crippen LogP contribution in [-0.4, -0.2) is 46.9 Å². The van der Waals surface area contributed by atoms with E-state index in [4.69, 9.17) is 0 Å². The lowest BCUT2D eigenvalue weighted by Gasteiger charge is -2.31. The SMILES string of the molecule is Cc1n[nH]c(C)c1S(=O)(=O)N1CCC[C@@H](C(=O)Nc2nccs2)C1. The van der Waals surface area contributed by atoms with Gasteiger partial charge in [0.15, 0.2) is 5.13 Å². The Balaban J connectivity index is 1.77. The third-order valence-corrected chi connectivity index (χ3v) is 6.89. The number of aromatic amines is 1. The molecule has 2 aromatic rings. The van der Waals surface area contributed by atoms with Gasteiger partial charge < -0.3 is 5.32 Å². The zero-order valence-corrected chi connectivity index (χ0v) is 15.1.